The minimum atomic E-state index is -3.47. The predicted octanol–water partition coefficient (Wildman–Crippen LogP) is 2.03. The van der Waals surface area contributed by atoms with E-state index in [1.165, 1.54) is 0 Å². The quantitative estimate of drug-likeness (QED) is 0.924. The van der Waals surface area contributed by atoms with Crippen LogP contribution in [0.25, 0.3) is 10.8 Å². The Bertz CT molecular complexity index is 746. The molecule has 2 heterocycles. The van der Waals surface area contributed by atoms with Gasteiger partial charge in [-0.05, 0) is 32.0 Å². The van der Waals surface area contributed by atoms with Gasteiger partial charge >= 0.3 is 0 Å². The van der Waals surface area contributed by atoms with E-state index in [-0.39, 0.29) is 18.4 Å². The molecule has 1 unspecified atom stereocenters. The third kappa shape index (κ3) is 2.96. The van der Waals surface area contributed by atoms with E-state index >= 15 is 0 Å². The third-order valence-corrected chi connectivity index (χ3v) is 6.00. The van der Waals surface area contributed by atoms with Gasteiger partial charge in [-0.3, -0.25) is 4.98 Å². The number of fused-ring (bicyclic) bond motifs is 1. The molecule has 0 amide bonds. The Labute approximate surface area is 137 Å². The largest absolute Gasteiger partial charge is 0.318 e. The number of benzene rings is 1. The zero-order chi connectivity index (χ0) is 14.9. The molecule has 1 aliphatic heterocycles. The van der Waals surface area contributed by atoms with Gasteiger partial charge in [-0.2, -0.15) is 4.31 Å². The second kappa shape index (κ2) is 6.91. The molecule has 5 nitrogen and oxygen atoms in total. The summed E-state index contributed by atoms with van der Waals surface area (Å²) >= 11 is 0. The fourth-order valence-corrected chi connectivity index (χ4v) is 4.92. The Morgan fingerprint density at radius 1 is 1.36 bits per heavy atom. The average molecular weight is 342 g/mol. The highest BCUT2D eigenvalue weighted by Crippen LogP contribution is 2.30. The number of nitrogens with one attached hydrogen (secondary N) is 1. The molecule has 1 N–H and O–H groups in total. The summed E-state index contributed by atoms with van der Waals surface area (Å²) in [6.45, 7) is 1.28. The van der Waals surface area contributed by atoms with Gasteiger partial charge in [-0.25, -0.2) is 8.42 Å². The van der Waals surface area contributed by atoms with Gasteiger partial charge in [0.1, 0.15) is 0 Å². The zero-order valence-corrected chi connectivity index (χ0v) is 14.0. The SMILES string of the molecule is CNCC1CCCN1S(=O)(=O)c1cccc2cnccc12.Cl. The Morgan fingerprint density at radius 3 is 2.95 bits per heavy atom. The van der Waals surface area contributed by atoms with Gasteiger partial charge in [-0.15, -0.1) is 12.4 Å². The molecule has 120 valence electrons. The molecule has 1 aliphatic rings. The lowest BCUT2D eigenvalue weighted by Crippen LogP contribution is -2.40. The summed E-state index contributed by atoms with van der Waals surface area (Å²) in [4.78, 5) is 4.44. The third-order valence-electron chi connectivity index (χ3n) is 3.99. The van der Waals surface area contributed by atoms with Gasteiger partial charge < -0.3 is 5.32 Å². The number of hydrogen-bond acceptors (Lipinski definition) is 4. The number of likely N-dealkylation sites (N-methyl/N-ethyl adjacent to an activating group) is 1. The topological polar surface area (TPSA) is 62.3 Å². The summed E-state index contributed by atoms with van der Waals surface area (Å²) in [6, 6.07) is 7.16. The van der Waals surface area contributed by atoms with Crippen molar-refractivity contribution in [3.63, 3.8) is 0 Å². The van der Waals surface area contributed by atoms with Crippen LogP contribution in [0.5, 0.6) is 0 Å². The van der Waals surface area contributed by atoms with Crippen molar-refractivity contribution in [1.82, 2.24) is 14.6 Å². The second-order valence-electron chi connectivity index (χ2n) is 5.32. The van der Waals surface area contributed by atoms with Crippen LogP contribution < -0.4 is 5.32 Å². The number of aromatic nitrogens is 1. The lowest BCUT2D eigenvalue weighted by atomic mass is 10.2. The molecule has 1 aromatic carbocycles. The minimum Gasteiger partial charge on any atom is -0.318 e. The summed E-state index contributed by atoms with van der Waals surface area (Å²) < 4.78 is 27.7. The zero-order valence-electron chi connectivity index (χ0n) is 12.4. The molecule has 0 aliphatic carbocycles. The molecule has 2 aromatic rings. The number of rotatable bonds is 4. The van der Waals surface area contributed by atoms with Crippen molar-refractivity contribution in [2.75, 3.05) is 20.1 Å². The first-order valence-electron chi connectivity index (χ1n) is 7.14. The van der Waals surface area contributed by atoms with Crippen molar-refractivity contribution in [2.45, 2.75) is 23.8 Å². The van der Waals surface area contributed by atoms with Crippen LogP contribution in [-0.4, -0.2) is 43.9 Å². The summed E-state index contributed by atoms with van der Waals surface area (Å²) in [6.07, 6.45) is 5.16. The Hall–Kier alpha value is -1.21. The minimum absolute atomic E-state index is 0. The normalized spacial score (nSPS) is 19.2. The van der Waals surface area contributed by atoms with E-state index in [0.29, 0.717) is 18.0 Å². The lowest BCUT2D eigenvalue weighted by molar-refractivity contribution is 0.379. The first-order chi connectivity index (χ1) is 10.1. The molecular weight excluding hydrogens is 322 g/mol. The van der Waals surface area contributed by atoms with Crippen LogP contribution in [0.1, 0.15) is 12.8 Å². The van der Waals surface area contributed by atoms with Crippen LogP contribution in [0, 0.1) is 0 Å². The molecule has 0 spiro atoms. The maximum Gasteiger partial charge on any atom is 0.243 e. The highest BCUT2D eigenvalue weighted by molar-refractivity contribution is 7.89. The van der Waals surface area contributed by atoms with E-state index in [2.05, 4.69) is 10.3 Å². The maximum atomic E-state index is 13.0. The van der Waals surface area contributed by atoms with E-state index in [1.54, 1.807) is 34.9 Å². The molecule has 1 aromatic heterocycles. The van der Waals surface area contributed by atoms with Crippen LogP contribution in [-0.2, 0) is 10.0 Å². The van der Waals surface area contributed by atoms with Crippen molar-refractivity contribution < 1.29 is 8.42 Å². The fraction of sp³-hybridized carbons (Fsp3) is 0.400. The first kappa shape index (κ1) is 17.1. The lowest BCUT2D eigenvalue weighted by Gasteiger charge is -2.24. The summed E-state index contributed by atoms with van der Waals surface area (Å²) in [5.41, 5.74) is 0. The van der Waals surface area contributed by atoms with Crippen LogP contribution in [0.4, 0.5) is 0 Å². The number of halogens is 1. The summed E-state index contributed by atoms with van der Waals surface area (Å²) in [5, 5.41) is 4.67. The number of sulfonamides is 1. The van der Waals surface area contributed by atoms with Gasteiger partial charge in [0.25, 0.3) is 0 Å². The van der Waals surface area contributed by atoms with Crippen molar-refractivity contribution in [3.05, 3.63) is 36.7 Å². The van der Waals surface area contributed by atoms with E-state index < -0.39 is 10.0 Å². The smallest absolute Gasteiger partial charge is 0.243 e. The number of hydrogen-bond donors (Lipinski definition) is 1. The molecule has 7 heteroatoms. The van der Waals surface area contributed by atoms with Gasteiger partial charge in [0.2, 0.25) is 10.0 Å². The first-order valence-corrected chi connectivity index (χ1v) is 8.58. The van der Waals surface area contributed by atoms with E-state index in [9.17, 15) is 8.42 Å². The molecule has 1 atom stereocenters. The molecule has 0 saturated carbocycles. The molecule has 0 bridgehead atoms. The summed E-state index contributed by atoms with van der Waals surface area (Å²) in [7, 11) is -1.62. The van der Waals surface area contributed by atoms with Crippen molar-refractivity contribution >= 4 is 33.2 Å². The summed E-state index contributed by atoms with van der Waals surface area (Å²) in [5.74, 6) is 0. The van der Waals surface area contributed by atoms with E-state index in [4.69, 9.17) is 0 Å². The van der Waals surface area contributed by atoms with Crippen molar-refractivity contribution in [1.29, 1.82) is 0 Å². The van der Waals surface area contributed by atoms with Gasteiger partial charge in [0.05, 0.1) is 4.90 Å². The Morgan fingerprint density at radius 2 is 2.18 bits per heavy atom. The van der Waals surface area contributed by atoms with Gasteiger partial charge in [0, 0.05) is 42.3 Å². The number of nitrogens with zero attached hydrogens (tertiary/aromatic N) is 2. The second-order valence-corrected chi connectivity index (χ2v) is 7.18. The molecule has 1 saturated heterocycles. The van der Waals surface area contributed by atoms with Crippen molar-refractivity contribution in [3.8, 4) is 0 Å². The van der Waals surface area contributed by atoms with Crippen LogP contribution in [0.2, 0.25) is 0 Å². The monoisotopic (exact) mass is 341 g/mol. The van der Waals surface area contributed by atoms with E-state index in [1.807, 2.05) is 13.1 Å². The standard InChI is InChI=1S/C15H19N3O2S.ClH/c1-16-11-13-5-3-9-18(13)21(19,20)15-6-2-4-12-10-17-8-7-14(12)15;/h2,4,6-8,10,13,16H,3,5,9,11H2,1H3;1H. The average Bonchev–Trinajstić information content (AvgIpc) is 2.96. The Balaban J connectivity index is 0.00000176. The molecule has 1 fully saturated rings. The van der Waals surface area contributed by atoms with Crippen LogP contribution in [0.15, 0.2) is 41.6 Å². The maximum absolute atomic E-state index is 13.0. The van der Waals surface area contributed by atoms with Crippen LogP contribution >= 0.6 is 12.4 Å². The van der Waals surface area contributed by atoms with Crippen molar-refractivity contribution in [2.24, 2.45) is 0 Å². The molecule has 0 radical (unpaired) electrons. The van der Waals surface area contributed by atoms with E-state index in [0.717, 1.165) is 23.6 Å². The van der Waals surface area contributed by atoms with Crippen LogP contribution in [0.3, 0.4) is 0 Å². The molecule has 3 rings (SSSR count). The Kier molecular flexibility index (Phi) is 5.39. The molecule has 22 heavy (non-hydrogen) atoms. The highest BCUT2D eigenvalue weighted by atomic mass is 35.5. The predicted molar refractivity (Wildman–Crippen MR) is 89.8 cm³/mol. The van der Waals surface area contributed by atoms with Gasteiger partial charge in [-0.1, -0.05) is 12.1 Å². The molecular formula is C15H20ClN3O2S. The number of pyridine rings is 1. The highest BCUT2D eigenvalue weighted by Gasteiger charge is 2.35. The van der Waals surface area contributed by atoms with Gasteiger partial charge in [0.15, 0.2) is 0 Å². The fourth-order valence-electron chi connectivity index (χ4n) is 3.01.